The van der Waals surface area contributed by atoms with Crippen LogP contribution < -0.4 is 5.32 Å². The number of aromatic carboxylic acids is 1. The Hall–Kier alpha value is -2.70. The van der Waals surface area contributed by atoms with Crippen LogP contribution in [0.4, 0.5) is 0 Å². The van der Waals surface area contributed by atoms with Gasteiger partial charge in [-0.15, -0.1) is 0 Å². The van der Waals surface area contributed by atoms with Crippen LogP contribution in [0.1, 0.15) is 58.5 Å². The number of carboxylic acid groups (broad SMARTS) is 1. The van der Waals surface area contributed by atoms with Crippen molar-refractivity contribution in [3.05, 3.63) is 47.0 Å². The SMILES string of the molecule is CC(C)n1ncc2c1CC(NC(=O)c1cccc(C(=O)O)n1)CC2. The summed E-state index contributed by atoms with van der Waals surface area (Å²) in [5, 5.41) is 16.4. The average molecular weight is 328 g/mol. The zero-order valence-electron chi connectivity index (χ0n) is 13.7. The lowest BCUT2D eigenvalue weighted by Crippen LogP contribution is -2.39. The highest BCUT2D eigenvalue weighted by atomic mass is 16.4. The van der Waals surface area contributed by atoms with Gasteiger partial charge < -0.3 is 10.4 Å². The number of rotatable bonds is 4. The smallest absolute Gasteiger partial charge is 0.354 e. The molecule has 126 valence electrons. The lowest BCUT2D eigenvalue weighted by Gasteiger charge is -2.25. The van der Waals surface area contributed by atoms with Crippen molar-refractivity contribution < 1.29 is 14.7 Å². The highest BCUT2D eigenvalue weighted by molar-refractivity contribution is 5.94. The maximum atomic E-state index is 12.4. The number of fused-ring (bicyclic) bond motifs is 1. The molecule has 0 bridgehead atoms. The second-order valence-electron chi connectivity index (χ2n) is 6.28. The Labute approximate surface area is 139 Å². The molecule has 1 aliphatic carbocycles. The molecule has 1 amide bonds. The second-order valence-corrected chi connectivity index (χ2v) is 6.28. The van der Waals surface area contributed by atoms with Gasteiger partial charge in [-0.1, -0.05) is 6.07 Å². The number of amides is 1. The van der Waals surface area contributed by atoms with Crippen LogP contribution in [0.3, 0.4) is 0 Å². The van der Waals surface area contributed by atoms with Gasteiger partial charge in [-0.25, -0.2) is 9.78 Å². The van der Waals surface area contributed by atoms with Gasteiger partial charge in [-0.05, 0) is 44.4 Å². The molecule has 3 rings (SSSR count). The minimum atomic E-state index is -1.15. The molecule has 0 saturated heterocycles. The fourth-order valence-electron chi connectivity index (χ4n) is 3.03. The monoisotopic (exact) mass is 328 g/mol. The fraction of sp³-hybridized carbons (Fsp3) is 0.412. The largest absolute Gasteiger partial charge is 0.477 e. The average Bonchev–Trinajstić information content (AvgIpc) is 2.98. The standard InChI is InChI=1S/C17H20N4O3/c1-10(2)21-15-8-12(7-6-11(15)9-18-21)19-16(22)13-4-3-5-14(20-13)17(23)24/h3-5,9-10,12H,6-8H2,1-2H3,(H,19,22)(H,23,24). The van der Waals surface area contributed by atoms with Crippen molar-refractivity contribution in [3.63, 3.8) is 0 Å². The normalized spacial score (nSPS) is 16.7. The summed E-state index contributed by atoms with van der Waals surface area (Å²) in [5.74, 6) is -1.49. The molecule has 0 spiro atoms. The topological polar surface area (TPSA) is 97.1 Å². The second kappa shape index (κ2) is 6.43. The number of carbonyl (C=O) groups excluding carboxylic acids is 1. The van der Waals surface area contributed by atoms with E-state index in [1.807, 2.05) is 10.9 Å². The van der Waals surface area contributed by atoms with Gasteiger partial charge >= 0.3 is 5.97 Å². The number of nitrogens with one attached hydrogen (secondary N) is 1. The summed E-state index contributed by atoms with van der Waals surface area (Å²) in [5.41, 5.74) is 2.39. The molecule has 2 heterocycles. The first-order valence-corrected chi connectivity index (χ1v) is 8.02. The maximum Gasteiger partial charge on any atom is 0.354 e. The Morgan fingerprint density at radius 1 is 1.33 bits per heavy atom. The first kappa shape index (κ1) is 16.2. The Balaban J connectivity index is 1.73. The van der Waals surface area contributed by atoms with Gasteiger partial charge in [-0.2, -0.15) is 5.10 Å². The van der Waals surface area contributed by atoms with Crippen LogP contribution in [-0.2, 0) is 12.8 Å². The highest BCUT2D eigenvalue weighted by Gasteiger charge is 2.25. The molecule has 7 nitrogen and oxygen atoms in total. The van der Waals surface area contributed by atoms with Crippen molar-refractivity contribution in [1.82, 2.24) is 20.1 Å². The molecule has 2 aromatic heterocycles. The van der Waals surface area contributed by atoms with Crippen LogP contribution in [0.2, 0.25) is 0 Å². The van der Waals surface area contributed by atoms with Crippen molar-refractivity contribution in [2.75, 3.05) is 0 Å². The van der Waals surface area contributed by atoms with Crippen LogP contribution in [0.15, 0.2) is 24.4 Å². The number of aromatic nitrogens is 3. The van der Waals surface area contributed by atoms with Crippen LogP contribution in [0.5, 0.6) is 0 Å². The molecule has 0 fully saturated rings. The lowest BCUT2D eigenvalue weighted by molar-refractivity contribution is 0.0690. The number of hydrogen-bond acceptors (Lipinski definition) is 4. The molecule has 1 aliphatic rings. The number of nitrogens with zero attached hydrogens (tertiary/aromatic N) is 3. The predicted molar refractivity (Wildman–Crippen MR) is 87.1 cm³/mol. The third kappa shape index (κ3) is 3.15. The minimum absolute atomic E-state index is 0.00511. The van der Waals surface area contributed by atoms with Gasteiger partial charge in [0.15, 0.2) is 0 Å². The predicted octanol–water partition coefficient (Wildman–Crippen LogP) is 1.84. The Kier molecular flexibility index (Phi) is 4.33. The Bertz CT molecular complexity index is 782. The summed E-state index contributed by atoms with van der Waals surface area (Å²) in [4.78, 5) is 27.2. The van der Waals surface area contributed by atoms with Gasteiger partial charge in [0.2, 0.25) is 0 Å². The third-order valence-electron chi connectivity index (χ3n) is 4.21. The van der Waals surface area contributed by atoms with Crippen molar-refractivity contribution in [1.29, 1.82) is 0 Å². The van der Waals surface area contributed by atoms with Crippen LogP contribution in [-0.4, -0.2) is 37.8 Å². The molecule has 7 heteroatoms. The van der Waals surface area contributed by atoms with Gasteiger partial charge in [0.05, 0.1) is 6.20 Å². The third-order valence-corrected chi connectivity index (χ3v) is 4.21. The zero-order valence-corrected chi connectivity index (χ0v) is 13.7. The molecule has 2 aromatic rings. The van der Waals surface area contributed by atoms with Crippen molar-refractivity contribution >= 4 is 11.9 Å². The lowest BCUT2D eigenvalue weighted by atomic mass is 9.93. The summed E-state index contributed by atoms with van der Waals surface area (Å²) in [6, 6.07) is 4.69. The van der Waals surface area contributed by atoms with E-state index >= 15 is 0 Å². The molecule has 0 aliphatic heterocycles. The Morgan fingerprint density at radius 3 is 2.79 bits per heavy atom. The molecular weight excluding hydrogens is 308 g/mol. The maximum absolute atomic E-state index is 12.4. The highest BCUT2D eigenvalue weighted by Crippen LogP contribution is 2.23. The van der Waals surface area contributed by atoms with E-state index in [2.05, 4.69) is 29.2 Å². The van der Waals surface area contributed by atoms with E-state index in [9.17, 15) is 9.59 Å². The van der Waals surface area contributed by atoms with Crippen LogP contribution >= 0.6 is 0 Å². The number of carboxylic acids is 1. The van der Waals surface area contributed by atoms with Gasteiger partial charge in [0.1, 0.15) is 11.4 Å². The molecule has 1 atom stereocenters. The number of pyridine rings is 1. The summed E-state index contributed by atoms with van der Waals surface area (Å²) < 4.78 is 2.00. The molecule has 2 N–H and O–H groups in total. The van der Waals surface area contributed by atoms with Gasteiger partial charge in [0, 0.05) is 24.2 Å². The number of hydrogen-bond donors (Lipinski definition) is 2. The first-order valence-electron chi connectivity index (χ1n) is 8.02. The fourth-order valence-corrected chi connectivity index (χ4v) is 3.03. The number of carbonyl (C=O) groups is 2. The van der Waals surface area contributed by atoms with Crippen molar-refractivity contribution in [3.8, 4) is 0 Å². The van der Waals surface area contributed by atoms with Crippen molar-refractivity contribution in [2.45, 2.75) is 45.2 Å². The Morgan fingerprint density at radius 2 is 2.08 bits per heavy atom. The summed E-state index contributed by atoms with van der Waals surface area (Å²) in [7, 11) is 0. The molecule has 0 saturated carbocycles. The van der Waals surface area contributed by atoms with E-state index < -0.39 is 5.97 Å². The summed E-state index contributed by atoms with van der Waals surface area (Å²) in [6.07, 6.45) is 4.33. The first-order chi connectivity index (χ1) is 11.5. The van der Waals surface area contributed by atoms with Gasteiger partial charge in [0.25, 0.3) is 5.91 Å². The summed E-state index contributed by atoms with van der Waals surface area (Å²) in [6.45, 7) is 4.16. The quantitative estimate of drug-likeness (QED) is 0.892. The van der Waals surface area contributed by atoms with E-state index in [1.165, 1.54) is 23.8 Å². The van der Waals surface area contributed by atoms with E-state index in [4.69, 9.17) is 5.11 Å². The van der Waals surface area contributed by atoms with Crippen molar-refractivity contribution in [2.24, 2.45) is 0 Å². The van der Waals surface area contributed by atoms with Crippen LogP contribution in [0, 0.1) is 0 Å². The molecule has 0 radical (unpaired) electrons. The van der Waals surface area contributed by atoms with E-state index in [-0.39, 0.29) is 29.4 Å². The minimum Gasteiger partial charge on any atom is -0.477 e. The zero-order chi connectivity index (χ0) is 17.3. The summed E-state index contributed by atoms with van der Waals surface area (Å²) >= 11 is 0. The molecule has 1 unspecified atom stereocenters. The van der Waals surface area contributed by atoms with E-state index in [0.717, 1.165) is 25.0 Å². The molecule has 24 heavy (non-hydrogen) atoms. The van der Waals surface area contributed by atoms with Crippen LogP contribution in [0.25, 0.3) is 0 Å². The van der Waals surface area contributed by atoms with E-state index in [1.54, 1.807) is 0 Å². The van der Waals surface area contributed by atoms with Gasteiger partial charge in [-0.3, -0.25) is 9.48 Å². The van der Waals surface area contributed by atoms with E-state index in [0.29, 0.717) is 0 Å². The molecular formula is C17H20N4O3. The number of aryl methyl sites for hydroxylation is 1. The molecule has 0 aromatic carbocycles.